The lowest BCUT2D eigenvalue weighted by Crippen LogP contribution is -2.34. The average Bonchev–Trinajstić information content (AvgIpc) is 2.79. The number of H-pyrrole nitrogens is 1. The molecule has 3 aromatic rings. The number of hydrogen-bond acceptors (Lipinski definition) is 6. The minimum atomic E-state index is -0.0376. The lowest BCUT2D eigenvalue weighted by Gasteiger charge is -2.32. The van der Waals surface area contributed by atoms with Crippen LogP contribution >= 0.6 is 11.8 Å². The molecule has 1 aromatic heterocycles. The standard InChI is InChI=1S/C25H30N4O2S/c1-17-4-3-5-20-24(17)26-23(27-25(20)30)16-32-19-8-10-29(11-9-19)15-18-6-7-21-22(14-18)31-13-12-28(21)2/h3-7,14,19H,8-13,15-16H2,1-2H3,(H,26,27,30). The third kappa shape index (κ3) is 4.50. The van der Waals surface area contributed by atoms with Crippen LogP contribution in [0.15, 0.2) is 41.2 Å². The summed E-state index contributed by atoms with van der Waals surface area (Å²) in [6.45, 7) is 6.86. The summed E-state index contributed by atoms with van der Waals surface area (Å²) in [7, 11) is 2.12. The normalized spacial score (nSPS) is 17.4. The van der Waals surface area contributed by atoms with Crippen LogP contribution in [0.3, 0.4) is 0 Å². The van der Waals surface area contributed by atoms with Gasteiger partial charge in [0.05, 0.1) is 28.9 Å². The van der Waals surface area contributed by atoms with E-state index in [4.69, 9.17) is 9.72 Å². The number of rotatable bonds is 5. The lowest BCUT2D eigenvalue weighted by molar-refractivity contribution is 0.224. The van der Waals surface area contributed by atoms with Gasteiger partial charge >= 0.3 is 0 Å². The maximum Gasteiger partial charge on any atom is 0.258 e. The number of nitrogens with zero attached hydrogens (tertiary/aromatic N) is 3. The summed E-state index contributed by atoms with van der Waals surface area (Å²) in [5.41, 5.74) is 4.34. The smallest absolute Gasteiger partial charge is 0.258 e. The summed E-state index contributed by atoms with van der Waals surface area (Å²) in [4.78, 5) is 24.9. The van der Waals surface area contributed by atoms with E-state index in [9.17, 15) is 4.79 Å². The average molecular weight is 451 g/mol. The topological polar surface area (TPSA) is 61.5 Å². The summed E-state index contributed by atoms with van der Waals surface area (Å²) in [6.07, 6.45) is 2.32. The quantitative estimate of drug-likeness (QED) is 0.635. The SMILES string of the molecule is Cc1cccc2c(=O)[nH]c(CSC3CCN(Cc4ccc5c(c4)OCCN5C)CC3)nc12. The van der Waals surface area contributed by atoms with E-state index >= 15 is 0 Å². The van der Waals surface area contributed by atoms with Gasteiger partial charge in [0, 0.05) is 18.8 Å². The molecule has 1 fully saturated rings. The number of likely N-dealkylation sites (N-methyl/N-ethyl adjacent to an activating group) is 1. The zero-order chi connectivity index (χ0) is 22.1. The van der Waals surface area contributed by atoms with Crippen LogP contribution in [0.4, 0.5) is 5.69 Å². The van der Waals surface area contributed by atoms with E-state index in [1.807, 2.05) is 36.9 Å². The zero-order valence-electron chi connectivity index (χ0n) is 18.8. The van der Waals surface area contributed by atoms with Gasteiger partial charge in [0.2, 0.25) is 0 Å². The number of para-hydroxylation sites is 1. The van der Waals surface area contributed by atoms with E-state index < -0.39 is 0 Å². The Labute approximate surface area is 193 Å². The summed E-state index contributed by atoms with van der Waals surface area (Å²) in [5, 5.41) is 1.27. The fourth-order valence-electron chi connectivity index (χ4n) is 4.61. The van der Waals surface area contributed by atoms with Crippen LogP contribution in [0.5, 0.6) is 5.75 Å². The number of aromatic nitrogens is 2. The van der Waals surface area contributed by atoms with Crippen LogP contribution in [0.25, 0.3) is 10.9 Å². The molecule has 32 heavy (non-hydrogen) atoms. The number of likely N-dealkylation sites (tertiary alicyclic amines) is 1. The first kappa shape index (κ1) is 21.3. The molecule has 0 unspecified atom stereocenters. The van der Waals surface area contributed by atoms with Crippen molar-refractivity contribution >= 4 is 28.4 Å². The zero-order valence-corrected chi connectivity index (χ0v) is 19.6. The Morgan fingerprint density at radius 3 is 2.88 bits per heavy atom. The molecule has 3 heterocycles. The number of aryl methyl sites for hydroxylation is 1. The minimum absolute atomic E-state index is 0.0376. The Bertz CT molecular complexity index is 1170. The van der Waals surface area contributed by atoms with Crippen molar-refractivity contribution in [1.29, 1.82) is 0 Å². The number of ether oxygens (including phenoxy) is 1. The summed E-state index contributed by atoms with van der Waals surface area (Å²) >= 11 is 1.92. The van der Waals surface area contributed by atoms with Gasteiger partial charge in [0.1, 0.15) is 18.2 Å². The maximum atomic E-state index is 12.4. The molecular weight excluding hydrogens is 420 g/mol. The predicted molar refractivity (Wildman–Crippen MR) is 132 cm³/mol. The predicted octanol–water partition coefficient (Wildman–Crippen LogP) is 3.96. The fraction of sp³-hybridized carbons (Fsp3) is 0.440. The summed E-state index contributed by atoms with van der Waals surface area (Å²) < 4.78 is 5.86. The van der Waals surface area contributed by atoms with E-state index in [0.717, 1.165) is 74.0 Å². The highest BCUT2D eigenvalue weighted by Crippen LogP contribution is 2.32. The Morgan fingerprint density at radius 2 is 2.03 bits per heavy atom. The Kier molecular flexibility index (Phi) is 6.11. The number of nitrogens with one attached hydrogen (secondary N) is 1. The Morgan fingerprint density at radius 1 is 1.19 bits per heavy atom. The first-order valence-corrected chi connectivity index (χ1v) is 12.4. The van der Waals surface area contributed by atoms with Crippen LogP contribution < -0.4 is 15.2 Å². The highest BCUT2D eigenvalue weighted by Gasteiger charge is 2.21. The largest absolute Gasteiger partial charge is 0.490 e. The van der Waals surface area contributed by atoms with Gasteiger partial charge in [0.15, 0.2) is 0 Å². The van der Waals surface area contributed by atoms with Crippen molar-refractivity contribution in [2.75, 3.05) is 38.2 Å². The van der Waals surface area contributed by atoms with Gasteiger partial charge in [-0.15, -0.1) is 0 Å². The molecule has 2 aliphatic rings. The van der Waals surface area contributed by atoms with Crippen LogP contribution in [0.2, 0.25) is 0 Å². The molecule has 0 radical (unpaired) electrons. The van der Waals surface area contributed by atoms with Gasteiger partial charge in [-0.3, -0.25) is 9.69 Å². The van der Waals surface area contributed by atoms with Crippen molar-refractivity contribution in [1.82, 2.24) is 14.9 Å². The molecule has 2 aromatic carbocycles. The van der Waals surface area contributed by atoms with Crippen LogP contribution in [-0.4, -0.2) is 53.4 Å². The van der Waals surface area contributed by atoms with Gasteiger partial charge in [-0.1, -0.05) is 18.2 Å². The monoisotopic (exact) mass is 450 g/mol. The van der Waals surface area contributed by atoms with Crippen molar-refractivity contribution in [3.8, 4) is 5.75 Å². The molecular formula is C25H30N4O2S. The molecule has 5 rings (SSSR count). The van der Waals surface area contributed by atoms with Crippen molar-refractivity contribution < 1.29 is 4.74 Å². The third-order valence-corrected chi connectivity index (χ3v) is 7.89. The number of anilines is 1. The molecule has 2 aliphatic heterocycles. The number of benzene rings is 2. The number of hydrogen-bond donors (Lipinski definition) is 1. The molecule has 6 nitrogen and oxygen atoms in total. The number of thioether (sulfide) groups is 1. The summed E-state index contributed by atoms with van der Waals surface area (Å²) in [5.74, 6) is 2.54. The highest BCUT2D eigenvalue weighted by molar-refractivity contribution is 7.99. The van der Waals surface area contributed by atoms with Crippen molar-refractivity contribution in [2.24, 2.45) is 0 Å². The molecule has 168 valence electrons. The molecule has 0 spiro atoms. The second-order valence-corrected chi connectivity index (χ2v) is 10.1. The van der Waals surface area contributed by atoms with E-state index in [1.54, 1.807) is 0 Å². The molecule has 0 aliphatic carbocycles. The molecule has 1 N–H and O–H groups in total. The van der Waals surface area contributed by atoms with Gasteiger partial charge < -0.3 is 14.6 Å². The number of fused-ring (bicyclic) bond motifs is 2. The van der Waals surface area contributed by atoms with Crippen LogP contribution in [0, 0.1) is 6.92 Å². The van der Waals surface area contributed by atoms with Gasteiger partial charge in [0.25, 0.3) is 5.56 Å². The van der Waals surface area contributed by atoms with Crippen molar-refractivity contribution in [3.63, 3.8) is 0 Å². The maximum absolute atomic E-state index is 12.4. The van der Waals surface area contributed by atoms with E-state index in [-0.39, 0.29) is 5.56 Å². The lowest BCUT2D eigenvalue weighted by atomic mass is 10.1. The molecule has 0 saturated carbocycles. The van der Waals surface area contributed by atoms with Crippen LogP contribution in [0.1, 0.15) is 29.8 Å². The van der Waals surface area contributed by atoms with Gasteiger partial charge in [-0.2, -0.15) is 11.8 Å². The van der Waals surface area contributed by atoms with Crippen LogP contribution in [-0.2, 0) is 12.3 Å². The molecule has 1 saturated heterocycles. The van der Waals surface area contributed by atoms with Crippen molar-refractivity contribution in [3.05, 3.63) is 63.7 Å². The first-order valence-electron chi connectivity index (χ1n) is 11.4. The minimum Gasteiger partial charge on any atom is -0.490 e. The fourth-order valence-corrected chi connectivity index (χ4v) is 5.68. The van der Waals surface area contributed by atoms with E-state index in [0.29, 0.717) is 10.6 Å². The van der Waals surface area contributed by atoms with E-state index in [1.165, 1.54) is 11.3 Å². The Balaban J connectivity index is 1.15. The summed E-state index contributed by atoms with van der Waals surface area (Å²) in [6, 6.07) is 12.4. The van der Waals surface area contributed by atoms with Crippen molar-refractivity contribution in [2.45, 2.75) is 37.3 Å². The third-order valence-electron chi connectivity index (χ3n) is 6.50. The molecule has 0 amide bonds. The van der Waals surface area contributed by atoms with E-state index in [2.05, 4.69) is 40.0 Å². The number of piperidine rings is 1. The van der Waals surface area contributed by atoms with Gasteiger partial charge in [-0.05, 0) is 62.2 Å². The first-order chi connectivity index (χ1) is 15.6. The molecule has 0 atom stereocenters. The highest BCUT2D eigenvalue weighted by atomic mass is 32.2. The van der Waals surface area contributed by atoms with Gasteiger partial charge in [-0.25, -0.2) is 4.98 Å². The molecule has 0 bridgehead atoms. The second kappa shape index (κ2) is 9.16. The Hall–Kier alpha value is -2.51. The molecule has 7 heteroatoms. The number of aromatic amines is 1. The second-order valence-electron chi connectivity index (χ2n) is 8.84.